The van der Waals surface area contributed by atoms with Crippen LogP contribution < -0.4 is 11.5 Å². The molecule has 0 amide bonds. The van der Waals surface area contributed by atoms with Crippen LogP contribution in [0.25, 0.3) is 0 Å². The van der Waals surface area contributed by atoms with Crippen molar-refractivity contribution in [1.82, 2.24) is 0 Å². The quantitative estimate of drug-likeness (QED) is 0.0479. The molecule has 0 aliphatic carbocycles. The molecule has 9 saturated heterocycles. The molecule has 9 heterocycles. The highest BCUT2D eigenvalue weighted by molar-refractivity contribution is 5.04. The third-order valence-electron chi connectivity index (χ3n) is 19.1. The number of aliphatic hydroxyl groups excluding tert-OH is 23. The van der Waals surface area contributed by atoms with Crippen LogP contribution in [0.5, 0.6) is 0 Å². The Morgan fingerprint density at radius 3 is 0.825 bits per heavy atom. The molecule has 97 heavy (non-hydrogen) atoms. The Morgan fingerprint density at radius 1 is 0.206 bits per heavy atom. The molecular formula is C55H96N2O40. The maximum atomic E-state index is 12.3. The Bertz CT molecular complexity index is 2410. The molecule has 0 aromatic rings. The van der Waals surface area contributed by atoms with Gasteiger partial charge in [-0.1, -0.05) is 0 Å². The zero-order chi connectivity index (χ0) is 71.2. The van der Waals surface area contributed by atoms with Gasteiger partial charge in [0.25, 0.3) is 0 Å². The smallest absolute Gasteiger partial charge is 0.187 e. The monoisotopic (exact) mass is 1420 g/mol. The summed E-state index contributed by atoms with van der Waals surface area (Å²) in [5.41, 5.74) is 13.7. The molecule has 27 N–H and O–H groups in total. The Balaban J connectivity index is 1.00. The Hall–Kier alpha value is -1.68. The second-order valence-corrected chi connectivity index (χ2v) is 25.6. The minimum atomic E-state index is -2.35. The van der Waals surface area contributed by atoms with Crippen molar-refractivity contribution in [2.24, 2.45) is 11.5 Å². The van der Waals surface area contributed by atoms with Gasteiger partial charge in [0.15, 0.2) is 50.3 Å². The minimum absolute atomic E-state index is 0.778. The SMILES string of the molecule is CC1OC(CO)[C@H](O[C@@H]2OC(CO)[C@H](O)C(O[C@@H]3OC(CO)[C@H](O[C@@H]4OC(CO)[C@H](O)C(O[C@@H]5OC(CO)[C@H](O[C@@H]6OC(CO)[C@H](O)C(O)C6O[C@@H]6O[C@H](C)C(O)C(O)C6O)C(OC6OC(C)[C@@H](O)C(O)C6O)C5N)C4O)C(OC4OC(C)[C@@H](O)C(O)C4O)C3N)C2O)C(O)C1O. The lowest BCUT2D eigenvalue weighted by molar-refractivity contribution is -0.403. The molecule has 45 atom stereocenters. The van der Waals surface area contributed by atoms with Crippen LogP contribution in [0.2, 0.25) is 0 Å². The number of ether oxygens (including phenoxy) is 17. The van der Waals surface area contributed by atoms with Crippen LogP contribution in [0, 0.1) is 0 Å². The molecule has 0 bridgehead atoms. The largest absolute Gasteiger partial charge is 0.394 e. The van der Waals surface area contributed by atoms with Crippen molar-refractivity contribution >= 4 is 0 Å². The fourth-order valence-corrected chi connectivity index (χ4v) is 13.1. The van der Waals surface area contributed by atoms with Gasteiger partial charge < -0.3 is 209 Å². The van der Waals surface area contributed by atoms with Crippen LogP contribution in [-0.2, 0) is 80.5 Å². The molecule has 30 unspecified atom stereocenters. The van der Waals surface area contributed by atoms with Crippen LogP contribution in [0.4, 0.5) is 0 Å². The third-order valence-corrected chi connectivity index (χ3v) is 19.1. The first-order chi connectivity index (χ1) is 45.9. The van der Waals surface area contributed by atoms with Gasteiger partial charge in [-0.25, -0.2) is 0 Å². The molecule has 0 radical (unpaired) electrons. The first-order valence-corrected chi connectivity index (χ1v) is 31.7. The van der Waals surface area contributed by atoms with Crippen molar-refractivity contribution in [2.75, 3.05) is 39.6 Å². The zero-order valence-corrected chi connectivity index (χ0v) is 52.6. The van der Waals surface area contributed by atoms with Gasteiger partial charge >= 0.3 is 0 Å². The van der Waals surface area contributed by atoms with Gasteiger partial charge in [-0.05, 0) is 27.7 Å². The van der Waals surface area contributed by atoms with Crippen LogP contribution >= 0.6 is 0 Å². The van der Waals surface area contributed by atoms with E-state index in [2.05, 4.69) is 0 Å². The molecule has 0 aromatic carbocycles. The summed E-state index contributed by atoms with van der Waals surface area (Å²) in [6.45, 7) is -0.886. The molecule has 0 saturated carbocycles. The standard InChI is InChI=1S/C55H96N2O40/c1-11-26(67)33(74)40(18(8-61)81-11)90-53-38(79)45(28(69)16(6-59)85-53)95-48-21(56)43(93-50-35(76)30(71)23(64)12(2)82-50)41(19(9-62)88-48)91-54-39(80)46(29(70)17(7-60)86-54)96-49-22(57)44(94-51-36(77)31(72)24(65)13(3)83-51)42(20(10-63)89-49)92-55-47(34(75)27(68)15(5-58)87-55)97-52-37(78)32(73)25(66)14(4)84-52/h11-55,58-80H,5-10,56-57H2,1-4H3/t11?,12?,13?,14-,15?,16?,17?,18?,19?,20?,21?,22?,23-,24-,25?,26?,27+,28+,29+,30?,31?,32?,33?,34?,35?,36?,37?,38?,39?,40+,41+,42+,43?,44?,45?,46?,47?,48+,49+,50?,51?,52+,53+,54+,55+/m1/s1. The summed E-state index contributed by atoms with van der Waals surface area (Å²) in [5.74, 6) is 0. The van der Waals surface area contributed by atoms with E-state index in [0.717, 1.165) is 0 Å². The van der Waals surface area contributed by atoms with E-state index in [0.29, 0.717) is 0 Å². The van der Waals surface area contributed by atoms with Crippen molar-refractivity contribution in [3.63, 3.8) is 0 Å². The Labute approximate surface area is 551 Å². The van der Waals surface area contributed by atoms with Crippen molar-refractivity contribution in [2.45, 2.75) is 304 Å². The Morgan fingerprint density at radius 2 is 0.454 bits per heavy atom. The van der Waals surface area contributed by atoms with Crippen LogP contribution in [0.15, 0.2) is 0 Å². The molecule has 9 aliphatic heterocycles. The lowest BCUT2D eigenvalue weighted by atomic mass is 9.93. The highest BCUT2D eigenvalue weighted by Crippen LogP contribution is 2.40. The minimum Gasteiger partial charge on any atom is -0.394 e. The van der Waals surface area contributed by atoms with Crippen LogP contribution in [0.1, 0.15) is 27.7 Å². The number of hydrogen-bond acceptors (Lipinski definition) is 42. The van der Waals surface area contributed by atoms with Crippen molar-refractivity contribution in [3.8, 4) is 0 Å². The maximum absolute atomic E-state index is 12.3. The number of rotatable bonds is 22. The summed E-state index contributed by atoms with van der Waals surface area (Å²) in [4.78, 5) is 0. The highest BCUT2D eigenvalue weighted by Gasteiger charge is 2.61. The summed E-state index contributed by atoms with van der Waals surface area (Å²) in [7, 11) is 0. The lowest BCUT2D eigenvalue weighted by Crippen LogP contribution is -2.71. The molecule has 9 fully saturated rings. The van der Waals surface area contributed by atoms with E-state index in [1.54, 1.807) is 0 Å². The van der Waals surface area contributed by atoms with Gasteiger partial charge in [0, 0.05) is 0 Å². The fourth-order valence-electron chi connectivity index (χ4n) is 13.1. The molecule has 9 rings (SSSR count). The van der Waals surface area contributed by atoms with Crippen molar-refractivity contribution in [3.05, 3.63) is 0 Å². The van der Waals surface area contributed by atoms with Crippen LogP contribution in [0.3, 0.4) is 0 Å². The first-order valence-electron chi connectivity index (χ1n) is 31.7. The summed E-state index contributed by atoms with van der Waals surface area (Å²) in [6, 6.07) is -3.81. The van der Waals surface area contributed by atoms with Gasteiger partial charge in [0.05, 0.1) is 76.1 Å². The first kappa shape index (κ1) is 79.4. The predicted octanol–water partition coefficient (Wildman–Crippen LogP) is -16.5. The maximum Gasteiger partial charge on any atom is 0.187 e. The van der Waals surface area contributed by atoms with Gasteiger partial charge in [0.2, 0.25) is 0 Å². The molecule has 9 aliphatic rings. The Kier molecular flexibility index (Phi) is 27.5. The van der Waals surface area contributed by atoms with Gasteiger partial charge in [-0.3, -0.25) is 0 Å². The van der Waals surface area contributed by atoms with E-state index in [-0.39, 0.29) is 0 Å². The number of nitrogens with two attached hydrogens (primary N) is 2. The molecule has 42 nitrogen and oxygen atoms in total. The van der Waals surface area contributed by atoms with E-state index in [4.69, 9.17) is 92.0 Å². The van der Waals surface area contributed by atoms with Crippen LogP contribution in [-0.4, -0.2) is 433 Å². The van der Waals surface area contributed by atoms with Crippen molar-refractivity contribution in [1.29, 1.82) is 0 Å². The second-order valence-electron chi connectivity index (χ2n) is 25.6. The topological polar surface area (TPSA) is 674 Å². The average molecular weight is 1430 g/mol. The van der Waals surface area contributed by atoms with E-state index < -0.39 is 316 Å². The van der Waals surface area contributed by atoms with E-state index in [1.807, 2.05) is 0 Å². The summed E-state index contributed by atoms with van der Waals surface area (Å²) in [6.07, 6.45) is -80.0. The summed E-state index contributed by atoms with van der Waals surface area (Å²) >= 11 is 0. The van der Waals surface area contributed by atoms with Gasteiger partial charge in [-0.15, -0.1) is 0 Å². The molecule has 0 spiro atoms. The van der Waals surface area contributed by atoms with Gasteiger partial charge in [-0.2, -0.15) is 0 Å². The van der Waals surface area contributed by atoms with E-state index in [9.17, 15) is 117 Å². The predicted molar refractivity (Wildman–Crippen MR) is 300 cm³/mol. The summed E-state index contributed by atoms with van der Waals surface area (Å²) in [5, 5.41) is 252. The van der Waals surface area contributed by atoms with Gasteiger partial charge in [0.1, 0.15) is 189 Å². The van der Waals surface area contributed by atoms with E-state index >= 15 is 0 Å². The molecule has 42 heteroatoms. The third kappa shape index (κ3) is 16.3. The fraction of sp³-hybridized carbons (Fsp3) is 1.00. The zero-order valence-electron chi connectivity index (χ0n) is 52.6. The van der Waals surface area contributed by atoms with E-state index in [1.165, 1.54) is 27.7 Å². The molecule has 0 aromatic heterocycles. The normalized spacial score (nSPS) is 55.0. The second kappa shape index (κ2) is 33.6. The highest BCUT2D eigenvalue weighted by atomic mass is 16.8. The number of aliphatic hydroxyl groups is 23. The average Bonchev–Trinajstić information content (AvgIpc) is 0.767. The van der Waals surface area contributed by atoms with Crippen molar-refractivity contribution < 1.29 is 198 Å². The summed E-state index contributed by atoms with van der Waals surface area (Å²) < 4.78 is 101. The lowest BCUT2D eigenvalue weighted by Gasteiger charge is -2.52. The number of hydrogen-bond donors (Lipinski definition) is 25. The molecular weight excluding hydrogens is 1330 g/mol. The molecule has 566 valence electrons.